The average molecular weight is 434 g/mol. The first-order chi connectivity index (χ1) is 14.8. The maximum absolute atomic E-state index is 12.9. The summed E-state index contributed by atoms with van der Waals surface area (Å²) in [5.74, 6) is -0.297. The Morgan fingerprint density at radius 3 is 2.26 bits per heavy atom. The lowest BCUT2D eigenvalue weighted by Gasteiger charge is -2.20. The van der Waals surface area contributed by atoms with E-state index in [1.165, 1.54) is 4.90 Å². The van der Waals surface area contributed by atoms with Crippen LogP contribution in [0.25, 0.3) is 0 Å². The van der Waals surface area contributed by atoms with E-state index in [1.807, 2.05) is 50.2 Å². The Kier molecular flexibility index (Phi) is 6.73. The van der Waals surface area contributed by atoms with Crippen LogP contribution < -0.4 is 4.72 Å². The third-order valence-corrected chi connectivity index (χ3v) is 6.32. The van der Waals surface area contributed by atoms with Gasteiger partial charge in [0.25, 0.3) is 15.9 Å². The van der Waals surface area contributed by atoms with Crippen molar-refractivity contribution < 1.29 is 13.2 Å². The molecule has 3 rings (SSSR count). The number of carbonyl (C=O) groups excluding carboxylic acids is 1. The van der Waals surface area contributed by atoms with E-state index in [2.05, 4.69) is 4.72 Å². The Labute approximate surface area is 182 Å². The molecule has 0 saturated heterocycles. The van der Waals surface area contributed by atoms with Crippen molar-refractivity contribution in [3.63, 3.8) is 0 Å². The van der Waals surface area contributed by atoms with Crippen molar-refractivity contribution in [3.8, 4) is 6.07 Å². The highest BCUT2D eigenvalue weighted by Gasteiger charge is 2.18. The summed E-state index contributed by atoms with van der Waals surface area (Å²) in [6.45, 7) is 4.04. The molecule has 0 aliphatic rings. The third kappa shape index (κ3) is 5.50. The van der Waals surface area contributed by atoms with Crippen LogP contribution in [0.5, 0.6) is 0 Å². The zero-order valence-electron chi connectivity index (χ0n) is 17.4. The fourth-order valence-electron chi connectivity index (χ4n) is 3.05. The summed E-state index contributed by atoms with van der Waals surface area (Å²) in [5, 5.41) is 9.11. The molecule has 0 radical (unpaired) electrons. The van der Waals surface area contributed by atoms with Gasteiger partial charge >= 0.3 is 0 Å². The molecule has 6 nitrogen and oxygen atoms in total. The van der Waals surface area contributed by atoms with Crippen molar-refractivity contribution >= 4 is 21.6 Å². The lowest BCUT2D eigenvalue weighted by Crippen LogP contribution is -2.30. The molecule has 1 N–H and O–H groups in total. The summed E-state index contributed by atoms with van der Waals surface area (Å²) < 4.78 is 27.9. The first-order valence-corrected chi connectivity index (χ1v) is 11.2. The minimum absolute atomic E-state index is 0.0467. The highest BCUT2D eigenvalue weighted by atomic mass is 32.2. The zero-order chi connectivity index (χ0) is 22.4. The van der Waals surface area contributed by atoms with Gasteiger partial charge in [-0.3, -0.25) is 9.52 Å². The van der Waals surface area contributed by atoms with Gasteiger partial charge in [0, 0.05) is 17.8 Å². The number of nitrogens with zero attached hydrogens (tertiary/aromatic N) is 2. The summed E-state index contributed by atoms with van der Waals surface area (Å²) in [5.41, 5.74) is 3.55. The molecule has 1 amide bonds. The van der Waals surface area contributed by atoms with E-state index in [0.29, 0.717) is 17.8 Å². The number of carbonyl (C=O) groups is 1. The molecule has 0 aliphatic carbocycles. The summed E-state index contributed by atoms with van der Waals surface area (Å²) in [7, 11) is -3.74. The summed E-state index contributed by atoms with van der Waals surface area (Å²) in [6.07, 6.45) is 0. The Morgan fingerprint density at radius 2 is 1.65 bits per heavy atom. The number of nitriles is 1. The van der Waals surface area contributed by atoms with E-state index in [0.717, 1.165) is 16.7 Å². The first kappa shape index (κ1) is 22.1. The quantitative estimate of drug-likeness (QED) is 0.564. The third-order valence-electron chi connectivity index (χ3n) is 4.94. The Balaban J connectivity index is 1.75. The van der Waals surface area contributed by atoms with Crippen molar-refractivity contribution in [1.29, 1.82) is 5.26 Å². The lowest BCUT2D eigenvalue weighted by molar-refractivity contribution is 0.0765. The summed E-state index contributed by atoms with van der Waals surface area (Å²) >= 11 is 0. The number of hydrogen-bond acceptors (Lipinski definition) is 4. The SMILES string of the molecule is Cc1ccc(S(=O)(=O)Nc2ccc(C(=O)N(CC#N)Cc3ccccc3)cc2)cc1C. The van der Waals surface area contributed by atoms with E-state index >= 15 is 0 Å². The second-order valence-corrected chi connectivity index (χ2v) is 8.92. The maximum atomic E-state index is 12.9. The van der Waals surface area contributed by atoms with Gasteiger partial charge in [0.1, 0.15) is 6.54 Å². The van der Waals surface area contributed by atoms with Crippen molar-refractivity contribution in [3.05, 3.63) is 95.1 Å². The predicted molar refractivity (Wildman–Crippen MR) is 120 cm³/mol. The molecule has 3 aromatic carbocycles. The largest absolute Gasteiger partial charge is 0.321 e. The summed E-state index contributed by atoms with van der Waals surface area (Å²) in [4.78, 5) is 14.5. The highest BCUT2D eigenvalue weighted by molar-refractivity contribution is 7.92. The fraction of sp³-hybridized carbons (Fsp3) is 0.167. The Bertz CT molecular complexity index is 1220. The molecule has 158 valence electrons. The van der Waals surface area contributed by atoms with Gasteiger partial charge in [-0.2, -0.15) is 5.26 Å². The van der Waals surface area contributed by atoms with Crippen molar-refractivity contribution in [1.82, 2.24) is 4.90 Å². The van der Waals surface area contributed by atoms with Gasteiger partial charge in [-0.15, -0.1) is 0 Å². The number of benzene rings is 3. The van der Waals surface area contributed by atoms with Crippen molar-refractivity contribution in [2.45, 2.75) is 25.3 Å². The molecule has 7 heteroatoms. The molecule has 3 aromatic rings. The smallest absolute Gasteiger partial charge is 0.261 e. The molecule has 0 unspecified atom stereocenters. The van der Waals surface area contributed by atoms with E-state index < -0.39 is 10.0 Å². The number of rotatable bonds is 7. The normalized spacial score (nSPS) is 10.9. The molecule has 31 heavy (non-hydrogen) atoms. The van der Waals surface area contributed by atoms with Gasteiger partial charge in [-0.1, -0.05) is 36.4 Å². The number of amides is 1. The van der Waals surface area contributed by atoms with Crippen LogP contribution in [0.3, 0.4) is 0 Å². The van der Waals surface area contributed by atoms with Crippen LogP contribution in [0.4, 0.5) is 5.69 Å². The molecular formula is C24H23N3O3S. The van der Waals surface area contributed by atoms with Crippen molar-refractivity contribution in [2.75, 3.05) is 11.3 Å². The standard InChI is InChI=1S/C24H23N3O3S/c1-18-8-13-23(16-19(18)2)31(29,30)26-22-11-9-21(10-12-22)24(28)27(15-14-25)17-20-6-4-3-5-7-20/h3-13,16,26H,15,17H2,1-2H3. The van der Waals surface area contributed by atoms with Gasteiger partial charge in [0.05, 0.1) is 11.0 Å². The molecule has 0 bridgehead atoms. The van der Waals surface area contributed by atoms with Gasteiger partial charge in [-0.25, -0.2) is 8.42 Å². The first-order valence-electron chi connectivity index (χ1n) is 9.70. The van der Waals surface area contributed by atoms with Gasteiger partial charge in [0.15, 0.2) is 0 Å². The zero-order valence-corrected chi connectivity index (χ0v) is 18.2. The lowest BCUT2D eigenvalue weighted by atomic mass is 10.1. The molecular weight excluding hydrogens is 410 g/mol. The van der Waals surface area contributed by atoms with Crippen molar-refractivity contribution in [2.24, 2.45) is 0 Å². The monoisotopic (exact) mass is 433 g/mol. The van der Waals surface area contributed by atoms with Crippen LogP contribution in [-0.2, 0) is 16.6 Å². The number of hydrogen-bond donors (Lipinski definition) is 1. The molecule has 0 saturated carbocycles. The Hall–Kier alpha value is -3.63. The predicted octanol–water partition coefficient (Wildman–Crippen LogP) is 4.27. The Morgan fingerprint density at radius 1 is 0.968 bits per heavy atom. The average Bonchev–Trinajstić information content (AvgIpc) is 2.76. The van der Waals surface area contributed by atoms with Crippen LogP contribution in [0.2, 0.25) is 0 Å². The molecule has 0 spiro atoms. The van der Waals surface area contributed by atoms with E-state index in [-0.39, 0.29) is 17.3 Å². The van der Waals surface area contributed by atoms with E-state index in [9.17, 15) is 13.2 Å². The van der Waals surface area contributed by atoms with Crippen LogP contribution in [-0.4, -0.2) is 25.8 Å². The molecule has 0 aliphatic heterocycles. The topological polar surface area (TPSA) is 90.3 Å². The number of aryl methyl sites for hydroxylation is 2. The minimum atomic E-state index is -3.74. The molecule has 0 aromatic heterocycles. The maximum Gasteiger partial charge on any atom is 0.261 e. The van der Waals surface area contributed by atoms with Gasteiger partial charge in [0.2, 0.25) is 0 Å². The van der Waals surface area contributed by atoms with Gasteiger partial charge < -0.3 is 4.90 Å². The van der Waals surface area contributed by atoms with Crippen LogP contribution in [0.1, 0.15) is 27.0 Å². The molecule has 0 atom stereocenters. The van der Waals surface area contributed by atoms with Gasteiger partial charge in [-0.05, 0) is 66.9 Å². The number of sulfonamides is 1. The number of anilines is 1. The van der Waals surface area contributed by atoms with Crippen LogP contribution >= 0.6 is 0 Å². The summed E-state index contributed by atoms with van der Waals surface area (Å²) in [6, 6.07) is 22.6. The van der Waals surface area contributed by atoms with E-state index in [4.69, 9.17) is 5.26 Å². The molecule has 0 heterocycles. The second-order valence-electron chi connectivity index (χ2n) is 7.23. The molecule has 0 fully saturated rings. The minimum Gasteiger partial charge on any atom is -0.321 e. The highest BCUT2D eigenvalue weighted by Crippen LogP contribution is 2.20. The van der Waals surface area contributed by atoms with E-state index in [1.54, 1.807) is 42.5 Å². The van der Waals surface area contributed by atoms with Crippen LogP contribution in [0, 0.1) is 25.2 Å². The fourth-order valence-corrected chi connectivity index (χ4v) is 4.19. The number of nitrogens with one attached hydrogen (secondary N) is 1. The second kappa shape index (κ2) is 9.45. The van der Waals surface area contributed by atoms with Crippen LogP contribution in [0.15, 0.2) is 77.7 Å².